The maximum Gasteiger partial charge on any atom is 0.343 e. The molecule has 3 rings (SSSR count). The van der Waals surface area contributed by atoms with Gasteiger partial charge >= 0.3 is 5.97 Å². The molecule has 0 fully saturated rings. The number of methoxy groups -OCH3 is 1. The zero-order valence-electron chi connectivity index (χ0n) is 15.8. The Morgan fingerprint density at radius 3 is 2.37 bits per heavy atom. The Balaban J connectivity index is 1.67. The number of carbonyl (C=O) groups is 2. The molecule has 30 heavy (non-hydrogen) atoms. The Bertz CT molecular complexity index is 1100. The number of benzene rings is 3. The number of esters is 1. The molecular weight excluding hydrogens is 427 g/mol. The molecule has 1 amide bonds. The normalized spacial score (nSPS) is 10.6. The maximum absolute atomic E-state index is 12.2. The first-order valence-electron chi connectivity index (χ1n) is 8.71. The number of ether oxygens (including phenoxy) is 2. The van der Waals surface area contributed by atoms with Gasteiger partial charge in [-0.3, -0.25) is 4.79 Å². The number of hydrazone groups is 1. The van der Waals surface area contributed by atoms with Gasteiger partial charge in [-0.25, -0.2) is 10.2 Å². The summed E-state index contributed by atoms with van der Waals surface area (Å²) >= 11 is 11.8. The summed E-state index contributed by atoms with van der Waals surface area (Å²) in [5, 5.41) is 4.55. The monoisotopic (exact) mass is 442 g/mol. The van der Waals surface area contributed by atoms with Crippen LogP contribution in [0.5, 0.6) is 11.5 Å². The second-order valence-corrected chi connectivity index (χ2v) is 6.81. The molecule has 0 unspecified atom stereocenters. The lowest BCUT2D eigenvalue weighted by molar-refractivity contribution is 0.0729. The van der Waals surface area contributed by atoms with Gasteiger partial charge in [0.2, 0.25) is 0 Å². The van der Waals surface area contributed by atoms with E-state index in [-0.39, 0.29) is 10.8 Å². The van der Waals surface area contributed by atoms with Gasteiger partial charge in [-0.2, -0.15) is 5.10 Å². The van der Waals surface area contributed by atoms with Crippen LogP contribution in [0.15, 0.2) is 71.8 Å². The third kappa shape index (κ3) is 5.37. The maximum atomic E-state index is 12.2. The van der Waals surface area contributed by atoms with Gasteiger partial charge in [0.15, 0.2) is 11.5 Å². The van der Waals surface area contributed by atoms with Gasteiger partial charge < -0.3 is 9.47 Å². The molecule has 0 aliphatic rings. The minimum atomic E-state index is -0.496. The quantitative estimate of drug-likeness (QED) is 0.252. The molecular formula is C22H16Cl2N2O4. The largest absolute Gasteiger partial charge is 0.493 e. The van der Waals surface area contributed by atoms with Gasteiger partial charge in [0.25, 0.3) is 5.91 Å². The van der Waals surface area contributed by atoms with Crippen molar-refractivity contribution in [1.82, 2.24) is 5.43 Å². The molecule has 8 heteroatoms. The van der Waals surface area contributed by atoms with E-state index in [1.807, 2.05) is 6.07 Å². The van der Waals surface area contributed by atoms with E-state index in [1.54, 1.807) is 42.5 Å². The SMILES string of the molecule is COc1cc(/C=N\NC(=O)c2ccc(Cl)c(Cl)c2)ccc1OC(=O)c1ccccc1. The fraction of sp³-hybridized carbons (Fsp3) is 0.0455. The van der Waals surface area contributed by atoms with E-state index in [2.05, 4.69) is 10.5 Å². The Hall–Kier alpha value is -3.35. The first-order chi connectivity index (χ1) is 14.5. The summed E-state index contributed by atoms with van der Waals surface area (Å²) in [4.78, 5) is 24.3. The molecule has 0 aromatic heterocycles. The van der Waals surface area contributed by atoms with Crippen molar-refractivity contribution >= 4 is 41.3 Å². The van der Waals surface area contributed by atoms with Crippen LogP contribution in [0.4, 0.5) is 0 Å². The van der Waals surface area contributed by atoms with E-state index in [4.69, 9.17) is 32.7 Å². The van der Waals surface area contributed by atoms with Gasteiger partial charge in [-0.15, -0.1) is 0 Å². The average molecular weight is 443 g/mol. The van der Waals surface area contributed by atoms with E-state index in [9.17, 15) is 9.59 Å². The number of hydrogen-bond acceptors (Lipinski definition) is 5. The molecule has 1 N–H and O–H groups in total. The molecule has 0 bridgehead atoms. The summed E-state index contributed by atoms with van der Waals surface area (Å²) in [5.41, 5.74) is 3.78. The summed E-state index contributed by atoms with van der Waals surface area (Å²) < 4.78 is 10.7. The highest BCUT2D eigenvalue weighted by Gasteiger charge is 2.12. The molecule has 152 valence electrons. The highest BCUT2D eigenvalue weighted by Crippen LogP contribution is 2.28. The van der Waals surface area contributed by atoms with Crippen molar-refractivity contribution < 1.29 is 19.1 Å². The number of halogens is 2. The highest BCUT2D eigenvalue weighted by molar-refractivity contribution is 6.42. The summed E-state index contributed by atoms with van der Waals surface area (Å²) in [6.07, 6.45) is 1.43. The Morgan fingerprint density at radius 2 is 1.67 bits per heavy atom. The van der Waals surface area contributed by atoms with Crippen molar-refractivity contribution in [3.05, 3.63) is 93.5 Å². The van der Waals surface area contributed by atoms with Crippen molar-refractivity contribution in [2.75, 3.05) is 7.11 Å². The van der Waals surface area contributed by atoms with Crippen LogP contribution in [0.2, 0.25) is 10.0 Å². The van der Waals surface area contributed by atoms with Crippen LogP contribution in [0.3, 0.4) is 0 Å². The number of carbonyl (C=O) groups excluding carboxylic acids is 2. The lowest BCUT2D eigenvalue weighted by Crippen LogP contribution is -2.17. The number of rotatable bonds is 6. The van der Waals surface area contributed by atoms with Crippen molar-refractivity contribution in [2.24, 2.45) is 5.10 Å². The fourth-order valence-electron chi connectivity index (χ4n) is 2.45. The zero-order valence-corrected chi connectivity index (χ0v) is 17.3. The van der Waals surface area contributed by atoms with Gasteiger partial charge in [-0.1, -0.05) is 41.4 Å². The van der Waals surface area contributed by atoms with Crippen LogP contribution in [0.25, 0.3) is 0 Å². The molecule has 0 heterocycles. The second kappa shape index (κ2) is 9.91. The number of amides is 1. The van der Waals surface area contributed by atoms with E-state index >= 15 is 0 Å². The smallest absolute Gasteiger partial charge is 0.343 e. The predicted molar refractivity (Wildman–Crippen MR) is 116 cm³/mol. The molecule has 0 saturated heterocycles. The molecule has 0 aliphatic carbocycles. The highest BCUT2D eigenvalue weighted by atomic mass is 35.5. The molecule has 0 spiro atoms. The zero-order chi connectivity index (χ0) is 21.5. The van der Waals surface area contributed by atoms with Gasteiger partial charge in [0.1, 0.15) is 0 Å². The molecule has 3 aromatic rings. The van der Waals surface area contributed by atoms with Crippen molar-refractivity contribution in [3.63, 3.8) is 0 Å². The summed E-state index contributed by atoms with van der Waals surface area (Å²) in [6.45, 7) is 0. The average Bonchev–Trinajstić information content (AvgIpc) is 2.77. The third-order valence-electron chi connectivity index (χ3n) is 3.96. The van der Waals surface area contributed by atoms with Crippen LogP contribution in [0, 0.1) is 0 Å². The lowest BCUT2D eigenvalue weighted by atomic mass is 10.2. The van der Waals surface area contributed by atoms with Crippen LogP contribution in [0.1, 0.15) is 26.3 Å². The Labute approximate surface area is 183 Å². The first kappa shape index (κ1) is 21.4. The van der Waals surface area contributed by atoms with Gasteiger partial charge in [-0.05, 0) is 54.1 Å². The van der Waals surface area contributed by atoms with Crippen molar-refractivity contribution in [1.29, 1.82) is 0 Å². The molecule has 6 nitrogen and oxygen atoms in total. The van der Waals surface area contributed by atoms with Crippen LogP contribution in [-0.2, 0) is 0 Å². The van der Waals surface area contributed by atoms with Crippen LogP contribution in [-0.4, -0.2) is 25.2 Å². The molecule has 0 aliphatic heterocycles. The Morgan fingerprint density at radius 1 is 0.900 bits per heavy atom. The van der Waals surface area contributed by atoms with Gasteiger partial charge in [0.05, 0.1) is 28.9 Å². The van der Waals surface area contributed by atoms with E-state index in [0.29, 0.717) is 27.5 Å². The Kier molecular flexibility index (Phi) is 7.06. The van der Waals surface area contributed by atoms with Crippen LogP contribution < -0.4 is 14.9 Å². The number of nitrogens with zero attached hydrogens (tertiary/aromatic N) is 1. The van der Waals surface area contributed by atoms with Crippen molar-refractivity contribution in [3.8, 4) is 11.5 Å². The third-order valence-corrected chi connectivity index (χ3v) is 4.70. The predicted octanol–water partition coefficient (Wildman–Crippen LogP) is 4.99. The summed E-state index contributed by atoms with van der Waals surface area (Å²) in [7, 11) is 1.46. The second-order valence-electron chi connectivity index (χ2n) is 5.99. The van der Waals surface area contributed by atoms with Gasteiger partial charge in [0, 0.05) is 5.56 Å². The van der Waals surface area contributed by atoms with E-state index in [0.717, 1.165) is 0 Å². The summed E-state index contributed by atoms with van der Waals surface area (Å²) in [6, 6.07) is 18.0. The molecule has 0 radical (unpaired) electrons. The minimum absolute atomic E-state index is 0.267. The van der Waals surface area contributed by atoms with E-state index < -0.39 is 11.9 Å². The molecule has 0 saturated carbocycles. The van der Waals surface area contributed by atoms with E-state index in [1.165, 1.54) is 31.5 Å². The van der Waals surface area contributed by atoms with Crippen LogP contribution >= 0.6 is 23.2 Å². The number of hydrogen-bond donors (Lipinski definition) is 1. The lowest BCUT2D eigenvalue weighted by Gasteiger charge is -2.10. The fourth-order valence-corrected chi connectivity index (χ4v) is 2.75. The standard InChI is InChI=1S/C22H16Cl2N2O4/c1-29-20-11-14(7-10-19(20)30-22(28)15-5-3-2-4-6-15)13-25-26-21(27)16-8-9-17(23)18(24)12-16/h2-13H,1H3,(H,26,27)/b25-13-. The van der Waals surface area contributed by atoms with Crippen molar-refractivity contribution in [2.45, 2.75) is 0 Å². The first-order valence-corrected chi connectivity index (χ1v) is 9.47. The summed E-state index contributed by atoms with van der Waals surface area (Å²) in [5.74, 6) is -0.322. The molecule has 3 aromatic carbocycles. The topological polar surface area (TPSA) is 77.0 Å². The molecule has 0 atom stereocenters. The number of nitrogens with one attached hydrogen (secondary N) is 1. The minimum Gasteiger partial charge on any atom is -0.493 e.